The van der Waals surface area contributed by atoms with Gasteiger partial charge in [-0.3, -0.25) is 0 Å². The number of carbonyl (C=O) groups excluding carboxylic acids is 1. The second-order valence-corrected chi connectivity index (χ2v) is 3.64. The fourth-order valence-electron chi connectivity index (χ4n) is 2.11. The van der Waals surface area contributed by atoms with E-state index in [0.29, 0.717) is 0 Å². The molecule has 70 valence electrons. The van der Waals surface area contributed by atoms with Crippen LogP contribution in [0.2, 0.25) is 0 Å². The molecule has 0 fully saturated rings. The summed E-state index contributed by atoms with van der Waals surface area (Å²) in [5.74, 6) is -0.320. The Bertz CT molecular complexity index is 437. The summed E-state index contributed by atoms with van der Waals surface area (Å²) in [6.07, 6.45) is 1.77. The van der Waals surface area contributed by atoms with Gasteiger partial charge in [-0.15, -0.1) is 0 Å². The van der Waals surface area contributed by atoms with Crippen LogP contribution in [-0.4, -0.2) is 11.7 Å². The molecule has 3 nitrogen and oxygen atoms in total. The van der Waals surface area contributed by atoms with Crippen LogP contribution in [0.3, 0.4) is 0 Å². The minimum absolute atomic E-state index is 0.120. The fourth-order valence-corrected chi connectivity index (χ4v) is 2.11. The van der Waals surface area contributed by atoms with E-state index < -0.39 is 0 Å². The fraction of sp³-hybridized carbons (Fsp3) is 0.273. The van der Waals surface area contributed by atoms with E-state index in [9.17, 15) is 4.79 Å². The molecule has 1 aromatic rings. The summed E-state index contributed by atoms with van der Waals surface area (Å²) in [6.45, 7) is 0. The summed E-state index contributed by atoms with van der Waals surface area (Å²) in [7, 11) is 0. The number of aryl methyl sites for hydroxylation is 1. The zero-order valence-electron chi connectivity index (χ0n) is 7.56. The van der Waals surface area contributed by atoms with Gasteiger partial charge in [0, 0.05) is 5.56 Å². The largest absolute Gasteiger partial charge is 0.344 e. The molecule has 3 heteroatoms. The van der Waals surface area contributed by atoms with Gasteiger partial charge in [0.05, 0.1) is 0 Å². The summed E-state index contributed by atoms with van der Waals surface area (Å²) < 4.78 is 0. The maximum atomic E-state index is 11.3. The Morgan fingerprint density at radius 3 is 3.14 bits per heavy atom. The van der Waals surface area contributed by atoms with Crippen LogP contribution in [0.5, 0.6) is 0 Å². The highest BCUT2D eigenvalue weighted by Crippen LogP contribution is 2.30. The summed E-state index contributed by atoms with van der Waals surface area (Å²) in [6, 6.07) is 8.06. The van der Waals surface area contributed by atoms with Gasteiger partial charge in [0.25, 0.3) is 0 Å². The number of hydrogen-bond donors (Lipinski definition) is 0. The van der Waals surface area contributed by atoms with Crippen LogP contribution in [0.1, 0.15) is 17.5 Å². The Hall–Kier alpha value is -1.64. The quantitative estimate of drug-likeness (QED) is 0.577. The zero-order chi connectivity index (χ0) is 9.54. The van der Waals surface area contributed by atoms with Gasteiger partial charge < -0.3 is 4.84 Å². The monoisotopic (exact) mass is 187 g/mol. The first-order chi connectivity index (χ1) is 6.86. The Kier molecular flexibility index (Phi) is 1.48. The molecule has 0 saturated heterocycles. The van der Waals surface area contributed by atoms with Crippen LogP contribution in [0, 0.1) is 5.92 Å². The molecular weight excluding hydrogens is 178 g/mol. The van der Waals surface area contributed by atoms with Crippen molar-refractivity contribution in [1.29, 1.82) is 0 Å². The molecule has 0 aromatic heterocycles. The molecule has 14 heavy (non-hydrogen) atoms. The second kappa shape index (κ2) is 2.67. The number of carbonyl (C=O) groups is 1. The molecule has 0 amide bonds. The van der Waals surface area contributed by atoms with Gasteiger partial charge >= 0.3 is 5.97 Å². The second-order valence-electron chi connectivity index (χ2n) is 3.64. The first-order valence-electron chi connectivity index (χ1n) is 4.73. The molecule has 3 rings (SSSR count). The van der Waals surface area contributed by atoms with Crippen molar-refractivity contribution in [3.63, 3.8) is 0 Å². The van der Waals surface area contributed by atoms with Crippen LogP contribution in [0.25, 0.3) is 0 Å². The number of nitrogens with zero attached hydrogens (tertiary/aromatic N) is 1. The van der Waals surface area contributed by atoms with Crippen molar-refractivity contribution < 1.29 is 9.63 Å². The molecule has 0 bridgehead atoms. The Morgan fingerprint density at radius 1 is 1.36 bits per heavy atom. The SMILES string of the molecule is O=C1ON=C2c3ccccc3CCC12. The highest BCUT2D eigenvalue weighted by molar-refractivity contribution is 6.15. The van der Waals surface area contributed by atoms with Crippen LogP contribution >= 0.6 is 0 Å². The van der Waals surface area contributed by atoms with Crippen molar-refractivity contribution in [2.45, 2.75) is 12.8 Å². The lowest BCUT2D eigenvalue weighted by molar-refractivity contribution is -0.143. The topological polar surface area (TPSA) is 38.7 Å². The van der Waals surface area contributed by atoms with Gasteiger partial charge in [0.1, 0.15) is 11.6 Å². The molecular formula is C11H9NO2. The maximum absolute atomic E-state index is 11.3. The van der Waals surface area contributed by atoms with E-state index in [2.05, 4.69) is 11.2 Å². The predicted molar refractivity (Wildman–Crippen MR) is 50.9 cm³/mol. The molecule has 0 N–H and O–H groups in total. The smallest absolute Gasteiger partial charge is 0.317 e. The van der Waals surface area contributed by atoms with Crippen molar-refractivity contribution in [3.8, 4) is 0 Å². The Labute approximate surface area is 81.4 Å². The third kappa shape index (κ3) is 0.923. The third-order valence-corrected chi connectivity index (χ3v) is 2.84. The lowest BCUT2D eigenvalue weighted by atomic mass is 9.83. The first kappa shape index (κ1) is 7.74. The maximum Gasteiger partial charge on any atom is 0.344 e. The Balaban J connectivity index is 2.15. The molecule has 0 spiro atoms. The summed E-state index contributed by atoms with van der Waals surface area (Å²) >= 11 is 0. The normalized spacial score (nSPS) is 23.6. The molecule has 1 aliphatic heterocycles. The van der Waals surface area contributed by atoms with E-state index in [0.717, 1.165) is 24.1 Å². The van der Waals surface area contributed by atoms with Gasteiger partial charge in [-0.25, -0.2) is 4.79 Å². The van der Waals surface area contributed by atoms with E-state index in [4.69, 9.17) is 4.84 Å². The number of oxime groups is 1. The first-order valence-corrected chi connectivity index (χ1v) is 4.73. The van der Waals surface area contributed by atoms with E-state index >= 15 is 0 Å². The number of hydrogen-bond acceptors (Lipinski definition) is 3. The molecule has 1 aliphatic carbocycles. The van der Waals surface area contributed by atoms with E-state index in [1.807, 2.05) is 18.2 Å². The third-order valence-electron chi connectivity index (χ3n) is 2.84. The van der Waals surface area contributed by atoms with Gasteiger partial charge in [-0.2, -0.15) is 0 Å². The minimum atomic E-state index is -0.200. The lowest BCUT2D eigenvalue weighted by Gasteiger charge is -2.18. The highest BCUT2D eigenvalue weighted by Gasteiger charge is 2.37. The predicted octanol–water partition coefficient (Wildman–Crippen LogP) is 1.51. The summed E-state index contributed by atoms with van der Waals surface area (Å²) in [4.78, 5) is 16.0. The van der Waals surface area contributed by atoms with E-state index in [1.165, 1.54) is 5.56 Å². The lowest BCUT2D eigenvalue weighted by Crippen LogP contribution is -2.25. The minimum Gasteiger partial charge on any atom is -0.317 e. The van der Waals surface area contributed by atoms with Crippen LogP contribution < -0.4 is 0 Å². The Morgan fingerprint density at radius 2 is 2.21 bits per heavy atom. The molecule has 1 atom stereocenters. The van der Waals surface area contributed by atoms with Crippen molar-refractivity contribution in [1.82, 2.24) is 0 Å². The molecule has 0 saturated carbocycles. The highest BCUT2D eigenvalue weighted by atomic mass is 16.7. The van der Waals surface area contributed by atoms with Gasteiger partial charge in [0.2, 0.25) is 0 Å². The molecule has 0 radical (unpaired) electrons. The summed E-state index contributed by atoms with van der Waals surface area (Å²) in [5, 5.41) is 3.85. The zero-order valence-corrected chi connectivity index (χ0v) is 7.56. The molecule has 1 heterocycles. The van der Waals surface area contributed by atoms with Crippen molar-refractivity contribution in [2.24, 2.45) is 11.1 Å². The standard InChI is InChI=1S/C11H9NO2/c13-11-9-6-5-7-3-1-2-4-8(7)10(9)12-14-11/h1-4,9H,5-6H2. The van der Waals surface area contributed by atoms with Crippen LogP contribution in [0.15, 0.2) is 29.4 Å². The average molecular weight is 187 g/mol. The van der Waals surface area contributed by atoms with Crippen LogP contribution in [0.4, 0.5) is 0 Å². The van der Waals surface area contributed by atoms with Gasteiger partial charge in [0.15, 0.2) is 0 Å². The van der Waals surface area contributed by atoms with Gasteiger partial charge in [-0.05, 0) is 18.4 Å². The van der Waals surface area contributed by atoms with E-state index in [-0.39, 0.29) is 11.9 Å². The van der Waals surface area contributed by atoms with Crippen LogP contribution in [-0.2, 0) is 16.1 Å². The van der Waals surface area contributed by atoms with Crippen molar-refractivity contribution in [3.05, 3.63) is 35.4 Å². The van der Waals surface area contributed by atoms with E-state index in [1.54, 1.807) is 0 Å². The molecule has 1 aromatic carbocycles. The average Bonchev–Trinajstić information content (AvgIpc) is 2.61. The summed E-state index contributed by atoms with van der Waals surface area (Å²) in [5.41, 5.74) is 3.16. The van der Waals surface area contributed by atoms with Crippen molar-refractivity contribution >= 4 is 11.7 Å². The molecule has 1 unspecified atom stereocenters. The number of fused-ring (bicyclic) bond motifs is 3. The molecule has 2 aliphatic rings. The number of benzene rings is 1. The number of rotatable bonds is 0. The van der Waals surface area contributed by atoms with Gasteiger partial charge in [-0.1, -0.05) is 29.4 Å². The van der Waals surface area contributed by atoms with Crippen molar-refractivity contribution in [2.75, 3.05) is 0 Å².